The number of carbonyl (C=O) groups is 1. The quantitative estimate of drug-likeness (QED) is 0.857. The maximum Gasteiger partial charge on any atom is 0.253 e. The molecule has 27 heavy (non-hydrogen) atoms. The van der Waals surface area contributed by atoms with Gasteiger partial charge in [-0.1, -0.05) is 31.2 Å². The maximum atomic E-state index is 12.6. The monoisotopic (exact) mass is 386 g/mol. The Bertz CT molecular complexity index is 907. The first-order valence-corrected chi connectivity index (χ1v) is 10.8. The lowest BCUT2D eigenvalue weighted by Gasteiger charge is -2.31. The van der Waals surface area contributed by atoms with Crippen LogP contribution in [0.1, 0.15) is 41.3 Å². The van der Waals surface area contributed by atoms with Crippen molar-refractivity contribution < 1.29 is 13.2 Å². The van der Waals surface area contributed by atoms with Gasteiger partial charge in [-0.3, -0.25) is 4.79 Å². The summed E-state index contributed by atoms with van der Waals surface area (Å²) in [5, 5.41) is 0. The second kappa shape index (κ2) is 8.23. The Balaban J connectivity index is 1.68. The molecule has 0 bridgehead atoms. The fraction of sp³-hybridized carbons (Fsp3) is 0.381. The molecule has 0 radical (unpaired) electrons. The van der Waals surface area contributed by atoms with E-state index < -0.39 is 10.0 Å². The van der Waals surface area contributed by atoms with Crippen LogP contribution in [0.5, 0.6) is 0 Å². The number of benzene rings is 2. The zero-order valence-corrected chi connectivity index (χ0v) is 16.6. The second-order valence-corrected chi connectivity index (χ2v) is 9.04. The van der Waals surface area contributed by atoms with Crippen LogP contribution in [0.3, 0.4) is 0 Å². The highest BCUT2D eigenvalue weighted by Crippen LogP contribution is 2.19. The van der Waals surface area contributed by atoms with Crippen LogP contribution in [0.4, 0.5) is 0 Å². The van der Waals surface area contributed by atoms with Crippen molar-refractivity contribution in [3.05, 3.63) is 65.2 Å². The molecular weight excluding hydrogens is 360 g/mol. The predicted octanol–water partition coefficient (Wildman–Crippen LogP) is 3.35. The number of nitrogens with zero attached hydrogens (tertiary/aromatic N) is 1. The first kappa shape index (κ1) is 19.6. The molecule has 1 aliphatic rings. The first-order valence-electron chi connectivity index (χ1n) is 9.30. The molecule has 6 heteroatoms. The number of hydrogen-bond acceptors (Lipinski definition) is 3. The molecule has 0 saturated carbocycles. The smallest absolute Gasteiger partial charge is 0.253 e. The third kappa shape index (κ3) is 4.76. The molecule has 1 saturated heterocycles. The summed E-state index contributed by atoms with van der Waals surface area (Å²) in [6.45, 7) is 5.86. The molecular formula is C21H26N2O3S. The van der Waals surface area contributed by atoms with Gasteiger partial charge in [0, 0.05) is 25.2 Å². The van der Waals surface area contributed by atoms with Gasteiger partial charge in [-0.05, 0) is 61.1 Å². The van der Waals surface area contributed by atoms with E-state index in [0.29, 0.717) is 11.5 Å². The number of rotatable bonds is 5. The number of amides is 1. The van der Waals surface area contributed by atoms with Crippen LogP contribution in [0, 0.1) is 12.8 Å². The fourth-order valence-electron chi connectivity index (χ4n) is 3.40. The van der Waals surface area contributed by atoms with Crippen molar-refractivity contribution in [3.8, 4) is 0 Å². The topological polar surface area (TPSA) is 66.5 Å². The van der Waals surface area contributed by atoms with Gasteiger partial charge in [0.2, 0.25) is 10.0 Å². The summed E-state index contributed by atoms with van der Waals surface area (Å²) in [7, 11) is -3.63. The summed E-state index contributed by atoms with van der Waals surface area (Å²) in [6, 6.07) is 13.9. The molecule has 0 spiro atoms. The zero-order chi connectivity index (χ0) is 19.4. The average Bonchev–Trinajstić information content (AvgIpc) is 2.67. The number of sulfonamides is 1. The number of carbonyl (C=O) groups excluding carboxylic acids is 1. The molecule has 1 amide bonds. The highest BCUT2D eigenvalue weighted by molar-refractivity contribution is 7.89. The van der Waals surface area contributed by atoms with E-state index in [4.69, 9.17) is 0 Å². The average molecular weight is 387 g/mol. The Labute approximate surface area is 161 Å². The summed E-state index contributed by atoms with van der Waals surface area (Å²) >= 11 is 0. The van der Waals surface area contributed by atoms with Gasteiger partial charge in [0.1, 0.15) is 0 Å². The van der Waals surface area contributed by atoms with E-state index in [-0.39, 0.29) is 17.3 Å². The van der Waals surface area contributed by atoms with Gasteiger partial charge in [0.25, 0.3) is 5.91 Å². The van der Waals surface area contributed by atoms with E-state index in [9.17, 15) is 13.2 Å². The molecule has 5 nitrogen and oxygen atoms in total. The lowest BCUT2D eigenvalue weighted by molar-refractivity contribution is 0.0683. The summed E-state index contributed by atoms with van der Waals surface area (Å²) in [5.41, 5.74) is 2.51. The van der Waals surface area contributed by atoms with Crippen LogP contribution >= 0.6 is 0 Å². The van der Waals surface area contributed by atoms with E-state index >= 15 is 0 Å². The molecule has 1 aliphatic heterocycles. The molecule has 1 fully saturated rings. The summed E-state index contributed by atoms with van der Waals surface area (Å²) in [6.07, 6.45) is 2.16. The zero-order valence-electron chi connectivity index (χ0n) is 15.8. The minimum absolute atomic E-state index is 0.0293. The Hall–Kier alpha value is -2.18. The highest BCUT2D eigenvalue weighted by Gasteiger charge is 2.22. The number of nitrogens with one attached hydrogen (secondary N) is 1. The van der Waals surface area contributed by atoms with Crippen LogP contribution in [-0.4, -0.2) is 32.3 Å². The van der Waals surface area contributed by atoms with E-state index in [0.717, 1.165) is 37.1 Å². The van der Waals surface area contributed by atoms with E-state index in [1.165, 1.54) is 12.1 Å². The van der Waals surface area contributed by atoms with Gasteiger partial charge in [-0.15, -0.1) is 0 Å². The summed E-state index contributed by atoms with van der Waals surface area (Å²) in [4.78, 5) is 14.6. The summed E-state index contributed by atoms with van der Waals surface area (Å²) in [5.74, 6) is 0.478. The molecule has 2 aromatic carbocycles. The van der Waals surface area contributed by atoms with Gasteiger partial charge >= 0.3 is 0 Å². The largest absolute Gasteiger partial charge is 0.338 e. The van der Waals surface area contributed by atoms with Crippen molar-refractivity contribution in [2.75, 3.05) is 13.1 Å². The van der Waals surface area contributed by atoms with Crippen LogP contribution in [0.15, 0.2) is 53.4 Å². The minimum Gasteiger partial charge on any atom is -0.338 e. The molecule has 1 atom stereocenters. The number of aryl methyl sites for hydroxylation is 1. The third-order valence-corrected chi connectivity index (χ3v) is 6.49. The molecule has 2 aromatic rings. The van der Waals surface area contributed by atoms with Crippen molar-refractivity contribution in [3.63, 3.8) is 0 Å². The van der Waals surface area contributed by atoms with Crippen molar-refractivity contribution in [1.82, 2.24) is 9.62 Å². The van der Waals surface area contributed by atoms with Crippen LogP contribution < -0.4 is 4.72 Å². The molecule has 0 aromatic heterocycles. The van der Waals surface area contributed by atoms with Crippen molar-refractivity contribution >= 4 is 15.9 Å². The maximum absolute atomic E-state index is 12.6. The Morgan fingerprint density at radius 1 is 1.15 bits per heavy atom. The third-order valence-electron chi connectivity index (χ3n) is 5.07. The number of likely N-dealkylation sites (tertiary alicyclic amines) is 1. The first-order chi connectivity index (χ1) is 12.9. The van der Waals surface area contributed by atoms with E-state index in [1.807, 2.05) is 36.1 Å². The number of piperidine rings is 1. The van der Waals surface area contributed by atoms with Gasteiger partial charge in [0.15, 0.2) is 0 Å². The van der Waals surface area contributed by atoms with Crippen molar-refractivity contribution in [2.45, 2.75) is 38.1 Å². The molecule has 0 aliphatic carbocycles. The molecule has 1 unspecified atom stereocenters. The molecule has 3 rings (SSSR count). The molecule has 1 N–H and O–H groups in total. The van der Waals surface area contributed by atoms with Crippen molar-refractivity contribution in [1.29, 1.82) is 0 Å². The Kier molecular flexibility index (Phi) is 5.97. The van der Waals surface area contributed by atoms with Crippen LogP contribution in [0.2, 0.25) is 0 Å². The minimum atomic E-state index is -3.63. The van der Waals surface area contributed by atoms with Crippen molar-refractivity contribution in [2.24, 2.45) is 5.92 Å². The van der Waals surface area contributed by atoms with Gasteiger partial charge < -0.3 is 4.90 Å². The van der Waals surface area contributed by atoms with Gasteiger partial charge in [-0.2, -0.15) is 0 Å². The van der Waals surface area contributed by atoms with Crippen LogP contribution in [0.25, 0.3) is 0 Å². The predicted molar refractivity (Wildman–Crippen MR) is 106 cm³/mol. The van der Waals surface area contributed by atoms with Gasteiger partial charge in [0.05, 0.1) is 4.90 Å². The summed E-state index contributed by atoms with van der Waals surface area (Å²) < 4.78 is 27.7. The lowest BCUT2D eigenvalue weighted by Crippen LogP contribution is -2.39. The van der Waals surface area contributed by atoms with E-state index in [1.54, 1.807) is 12.1 Å². The normalized spacial score (nSPS) is 17.7. The highest BCUT2D eigenvalue weighted by atomic mass is 32.2. The van der Waals surface area contributed by atoms with Gasteiger partial charge in [-0.25, -0.2) is 13.1 Å². The van der Waals surface area contributed by atoms with E-state index in [2.05, 4.69) is 11.6 Å². The molecule has 1 heterocycles. The Morgan fingerprint density at radius 2 is 1.85 bits per heavy atom. The SMILES string of the molecule is Cc1ccccc1CNS(=O)(=O)c1ccc(C(=O)N2CCCC(C)C2)cc1. The van der Waals surface area contributed by atoms with Crippen LogP contribution in [-0.2, 0) is 16.6 Å². The fourth-order valence-corrected chi connectivity index (χ4v) is 4.40. The Morgan fingerprint density at radius 3 is 2.52 bits per heavy atom. The molecule has 144 valence electrons. The standard InChI is InChI=1S/C21H26N2O3S/c1-16-6-5-13-23(15-16)21(24)18-9-11-20(12-10-18)27(25,26)22-14-19-8-4-3-7-17(19)2/h3-4,7-12,16,22H,5-6,13-15H2,1-2H3. The lowest BCUT2D eigenvalue weighted by atomic mass is 9.99. The number of hydrogen-bond donors (Lipinski definition) is 1. The second-order valence-electron chi connectivity index (χ2n) is 7.27.